The van der Waals surface area contributed by atoms with Crippen LogP contribution in [0.25, 0.3) is 0 Å². The van der Waals surface area contributed by atoms with Crippen LogP contribution < -0.4 is 4.90 Å². The van der Waals surface area contributed by atoms with E-state index in [0.29, 0.717) is 16.2 Å². The largest absolute Gasteiger partial charge is 0.464 e. The third-order valence-electron chi connectivity index (χ3n) is 3.44. The molecule has 2 unspecified atom stereocenters. The first kappa shape index (κ1) is 15.3. The number of thiazole rings is 1. The number of Topliss-reactive ketones (excluding diaryl/α,β-unsaturated/α-hetero) is 1. The van der Waals surface area contributed by atoms with Crippen molar-refractivity contribution in [3.63, 3.8) is 0 Å². The normalized spacial score (nSPS) is 22.7. The summed E-state index contributed by atoms with van der Waals surface area (Å²) in [5.74, 6) is 0.319. The number of ether oxygens (including phenoxy) is 1. The number of hydrogen-bond donors (Lipinski definition) is 0. The molecule has 1 fully saturated rings. The molecule has 0 aliphatic carbocycles. The second-order valence-electron chi connectivity index (χ2n) is 4.73. The monoisotopic (exact) mass is 314 g/mol. The van der Waals surface area contributed by atoms with Crippen molar-refractivity contribution in [1.29, 1.82) is 0 Å². The van der Waals surface area contributed by atoms with Crippen LogP contribution in [0.5, 0.6) is 0 Å². The molecule has 1 aromatic rings. The van der Waals surface area contributed by atoms with Crippen molar-refractivity contribution in [3.8, 4) is 0 Å². The van der Waals surface area contributed by atoms with Gasteiger partial charge in [-0.25, -0.2) is 9.78 Å². The van der Waals surface area contributed by atoms with Crippen molar-refractivity contribution in [1.82, 2.24) is 4.98 Å². The van der Waals surface area contributed by atoms with E-state index < -0.39 is 5.97 Å². The van der Waals surface area contributed by atoms with Gasteiger partial charge in [0.25, 0.3) is 0 Å². The van der Waals surface area contributed by atoms with E-state index in [9.17, 15) is 9.59 Å². The van der Waals surface area contributed by atoms with Gasteiger partial charge < -0.3 is 9.64 Å². The van der Waals surface area contributed by atoms with Crippen molar-refractivity contribution in [2.75, 3.05) is 24.3 Å². The molecule has 0 saturated carbocycles. The summed E-state index contributed by atoms with van der Waals surface area (Å²) in [5.41, 5.74) is 0.137. The van der Waals surface area contributed by atoms with Gasteiger partial charge in [0.2, 0.25) is 0 Å². The van der Waals surface area contributed by atoms with Gasteiger partial charge in [0, 0.05) is 30.5 Å². The highest BCUT2D eigenvalue weighted by Crippen LogP contribution is 2.33. The van der Waals surface area contributed by atoms with Crippen molar-refractivity contribution in [2.24, 2.45) is 0 Å². The fourth-order valence-corrected chi connectivity index (χ4v) is 4.27. The number of ketones is 1. The Hall–Kier alpha value is -1.08. The topological polar surface area (TPSA) is 59.5 Å². The molecule has 2 heterocycles. The summed E-state index contributed by atoms with van der Waals surface area (Å²) in [7, 11) is 1.30. The zero-order valence-electron chi connectivity index (χ0n) is 12.0. The number of carbonyl (C=O) groups is 2. The van der Waals surface area contributed by atoms with E-state index >= 15 is 0 Å². The molecule has 7 heteroatoms. The lowest BCUT2D eigenvalue weighted by atomic mass is 10.2. The maximum Gasteiger partial charge on any atom is 0.358 e. The molecule has 1 aliphatic rings. The quantitative estimate of drug-likeness (QED) is 0.631. The standard InChI is InChI=1S/C13H18N2O3S2/c1-7-9(3)19-6-5-15(7)13-14-10(12(17)18-4)11(20-13)8(2)16/h7,9H,5-6H2,1-4H3. The predicted molar refractivity (Wildman–Crippen MR) is 82.2 cm³/mol. The van der Waals surface area contributed by atoms with Crippen LogP contribution in [0.15, 0.2) is 0 Å². The highest BCUT2D eigenvalue weighted by Gasteiger charge is 2.30. The van der Waals surface area contributed by atoms with Crippen LogP contribution >= 0.6 is 23.1 Å². The Bertz CT molecular complexity index is 530. The van der Waals surface area contributed by atoms with Crippen molar-refractivity contribution >= 4 is 40.0 Å². The summed E-state index contributed by atoms with van der Waals surface area (Å²) in [6.07, 6.45) is 0. The molecule has 2 atom stereocenters. The lowest BCUT2D eigenvalue weighted by Gasteiger charge is -2.37. The van der Waals surface area contributed by atoms with Gasteiger partial charge in [-0.15, -0.1) is 0 Å². The van der Waals surface area contributed by atoms with Crippen LogP contribution in [0.1, 0.15) is 40.9 Å². The maximum atomic E-state index is 11.7. The molecule has 0 N–H and O–H groups in total. The summed E-state index contributed by atoms with van der Waals surface area (Å²) in [6, 6.07) is 0.324. The predicted octanol–water partition coefficient (Wildman–Crippen LogP) is 2.46. The summed E-state index contributed by atoms with van der Waals surface area (Å²) in [5, 5.41) is 1.23. The first-order valence-electron chi connectivity index (χ1n) is 6.44. The van der Waals surface area contributed by atoms with E-state index in [4.69, 9.17) is 4.74 Å². The lowest BCUT2D eigenvalue weighted by molar-refractivity contribution is 0.0591. The molecule has 1 aliphatic heterocycles. The van der Waals surface area contributed by atoms with Gasteiger partial charge in [-0.05, 0) is 6.92 Å². The number of methoxy groups -OCH3 is 1. The zero-order valence-corrected chi connectivity index (χ0v) is 13.6. The summed E-state index contributed by atoms with van der Waals surface area (Å²) in [6.45, 7) is 6.65. The number of carbonyl (C=O) groups excluding carboxylic acids is 2. The minimum atomic E-state index is -0.551. The van der Waals surface area contributed by atoms with Gasteiger partial charge in [0.15, 0.2) is 16.6 Å². The average molecular weight is 314 g/mol. The van der Waals surface area contributed by atoms with Crippen molar-refractivity contribution in [3.05, 3.63) is 10.6 Å². The average Bonchev–Trinajstić information content (AvgIpc) is 2.86. The molecule has 0 bridgehead atoms. The second kappa shape index (κ2) is 6.13. The fraction of sp³-hybridized carbons (Fsp3) is 0.615. The third-order valence-corrected chi connectivity index (χ3v) is 5.98. The number of rotatable bonds is 3. The van der Waals surface area contributed by atoms with Gasteiger partial charge in [-0.1, -0.05) is 18.3 Å². The number of anilines is 1. The van der Waals surface area contributed by atoms with Crippen molar-refractivity contribution in [2.45, 2.75) is 32.1 Å². The molecular weight excluding hydrogens is 296 g/mol. The van der Waals surface area contributed by atoms with Gasteiger partial charge in [0.05, 0.1) is 7.11 Å². The molecule has 1 aromatic heterocycles. The fourth-order valence-electron chi connectivity index (χ4n) is 2.11. The van der Waals surface area contributed by atoms with Crippen LogP contribution in [-0.4, -0.2) is 47.4 Å². The highest BCUT2D eigenvalue weighted by atomic mass is 32.2. The number of hydrogen-bond acceptors (Lipinski definition) is 7. The Balaban J connectivity index is 2.37. The van der Waals surface area contributed by atoms with E-state index in [0.717, 1.165) is 17.4 Å². The first-order valence-corrected chi connectivity index (χ1v) is 8.30. The van der Waals surface area contributed by atoms with Crippen LogP contribution in [0, 0.1) is 0 Å². The Morgan fingerprint density at radius 2 is 2.10 bits per heavy atom. The molecule has 110 valence electrons. The molecule has 20 heavy (non-hydrogen) atoms. The Morgan fingerprint density at radius 3 is 2.70 bits per heavy atom. The highest BCUT2D eigenvalue weighted by molar-refractivity contribution is 8.00. The van der Waals surface area contributed by atoms with Gasteiger partial charge in [-0.3, -0.25) is 4.79 Å². The minimum Gasteiger partial charge on any atom is -0.464 e. The number of esters is 1. The minimum absolute atomic E-state index is 0.137. The van der Waals surface area contributed by atoms with E-state index in [1.165, 1.54) is 25.4 Å². The molecule has 5 nitrogen and oxygen atoms in total. The van der Waals surface area contributed by atoms with Gasteiger partial charge in [0.1, 0.15) is 4.88 Å². The Morgan fingerprint density at radius 1 is 1.40 bits per heavy atom. The smallest absolute Gasteiger partial charge is 0.358 e. The number of nitrogens with zero attached hydrogens (tertiary/aromatic N) is 2. The van der Waals surface area contributed by atoms with Crippen LogP contribution in [0.2, 0.25) is 0 Å². The van der Waals surface area contributed by atoms with E-state index in [1.54, 1.807) is 0 Å². The molecule has 0 amide bonds. The van der Waals surface area contributed by atoms with Crippen molar-refractivity contribution < 1.29 is 14.3 Å². The number of aromatic nitrogens is 1. The Kier molecular flexibility index (Phi) is 4.70. The van der Waals surface area contributed by atoms with Gasteiger partial charge in [-0.2, -0.15) is 11.8 Å². The lowest BCUT2D eigenvalue weighted by Crippen LogP contribution is -2.44. The third kappa shape index (κ3) is 2.83. The van der Waals surface area contributed by atoms with Crippen LogP contribution in [0.4, 0.5) is 5.13 Å². The number of thioether (sulfide) groups is 1. The maximum absolute atomic E-state index is 11.7. The van der Waals surface area contributed by atoms with Crippen LogP contribution in [0.3, 0.4) is 0 Å². The Labute approximate surface area is 126 Å². The molecule has 0 aromatic carbocycles. The first-order chi connectivity index (χ1) is 9.45. The molecule has 0 spiro atoms. The molecule has 2 rings (SSSR count). The van der Waals surface area contributed by atoms with E-state index in [1.807, 2.05) is 11.8 Å². The molecule has 0 radical (unpaired) electrons. The summed E-state index contributed by atoms with van der Waals surface area (Å²) < 4.78 is 4.71. The summed E-state index contributed by atoms with van der Waals surface area (Å²) in [4.78, 5) is 30.3. The van der Waals surface area contributed by atoms with Gasteiger partial charge >= 0.3 is 5.97 Å². The molecular formula is C13H18N2O3S2. The van der Waals surface area contributed by atoms with Crippen LogP contribution in [-0.2, 0) is 4.74 Å². The van der Waals surface area contributed by atoms with E-state index in [-0.39, 0.29) is 11.5 Å². The zero-order chi connectivity index (χ0) is 14.9. The molecule has 1 saturated heterocycles. The summed E-state index contributed by atoms with van der Waals surface area (Å²) >= 11 is 3.21. The second-order valence-corrected chi connectivity index (χ2v) is 7.19. The SMILES string of the molecule is COC(=O)c1nc(N2CCSC(C)C2C)sc1C(C)=O. The van der Waals surface area contributed by atoms with E-state index in [2.05, 4.69) is 23.7 Å².